The molecule has 2 aromatic rings. The first-order chi connectivity index (χ1) is 9.95. The van der Waals surface area contributed by atoms with Crippen LogP contribution >= 0.6 is 12.2 Å². The van der Waals surface area contributed by atoms with Crippen LogP contribution in [-0.4, -0.2) is 15.0 Å². The van der Waals surface area contributed by atoms with E-state index in [1.54, 1.807) is 0 Å². The van der Waals surface area contributed by atoms with Crippen LogP contribution in [0.25, 0.3) is 0 Å². The Labute approximate surface area is 127 Å². The summed E-state index contributed by atoms with van der Waals surface area (Å²) >= 11 is 5.21. The van der Waals surface area contributed by atoms with E-state index in [9.17, 15) is 10.1 Å². The predicted molar refractivity (Wildman–Crippen MR) is 86.7 cm³/mol. The fourth-order valence-electron chi connectivity index (χ4n) is 1.71. The maximum absolute atomic E-state index is 10.6. The molecule has 0 atom stereocenters. The first kappa shape index (κ1) is 14.9. The van der Waals surface area contributed by atoms with Crippen molar-refractivity contribution < 1.29 is 4.92 Å². The molecule has 108 valence electrons. The molecule has 1 aromatic heterocycles. The topological polar surface area (TPSA) is 80.1 Å². The van der Waals surface area contributed by atoms with Crippen molar-refractivity contribution in [3.05, 3.63) is 57.8 Å². The minimum absolute atomic E-state index is 0.0612. The van der Waals surface area contributed by atoms with Gasteiger partial charge >= 0.3 is 0 Å². The molecule has 0 aliphatic heterocycles. The van der Waals surface area contributed by atoms with Gasteiger partial charge in [-0.05, 0) is 49.3 Å². The number of thiocarbonyl (C=S) groups is 1. The Bertz CT molecular complexity index is 686. The van der Waals surface area contributed by atoms with Crippen LogP contribution in [-0.2, 0) is 0 Å². The third kappa shape index (κ3) is 3.96. The molecule has 0 spiro atoms. The standard InChI is InChI=1S/C14H14N4O2S/c1-9-3-4-10(2)12(7-9)16-14(21)17-13-6-5-11(8-15-13)18(19)20/h3-8H,1-2H3,(H2,15,16,17,21). The molecule has 0 aliphatic carbocycles. The Morgan fingerprint density at radius 2 is 2.00 bits per heavy atom. The number of hydrogen-bond acceptors (Lipinski definition) is 4. The average Bonchev–Trinajstić information content (AvgIpc) is 2.43. The second kappa shape index (κ2) is 6.27. The van der Waals surface area contributed by atoms with Gasteiger partial charge in [-0.3, -0.25) is 10.1 Å². The Kier molecular flexibility index (Phi) is 4.44. The first-order valence-electron chi connectivity index (χ1n) is 6.21. The van der Waals surface area contributed by atoms with Crippen molar-refractivity contribution in [1.82, 2.24) is 4.98 Å². The van der Waals surface area contributed by atoms with Crippen LogP contribution in [0.1, 0.15) is 11.1 Å². The van der Waals surface area contributed by atoms with Gasteiger partial charge < -0.3 is 10.6 Å². The number of aromatic nitrogens is 1. The van der Waals surface area contributed by atoms with Crippen LogP contribution in [0.3, 0.4) is 0 Å². The number of pyridine rings is 1. The third-order valence-corrected chi connectivity index (χ3v) is 3.05. The highest BCUT2D eigenvalue weighted by Crippen LogP contribution is 2.17. The minimum atomic E-state index is -0.497. The lowest BCUT2D eigenvalue weighted by molar-refractivity contribution is -0.385. The van der Waals surface area contributed by atoms with Gasteiger partial charge in [0, 0.05) is 11.8 Å². The van der Waals surface area contributed by atoms with Crippen molar-refractivity contribution in [2.24, 2.45) is 0 Å². The Hall–Kier alpha value is -2.54. The molecule has 2 N–H and O–H groups in total. The van der Waals surface area contributed by atoms with Gasteiger partial charge in [0.15, 0.2) is 5.11 Å². The molecule has 0 bridgehead atoms. The van der Waals surface area contributed by atoms with E-state index < -0.39 is 4.92 Å². The molecule has 21 heavy (non-hydrogen) atoms. The summed E-state index contributed by atoms with van der Waals surface area (Å²) in [6.45, 7) is 3.98. The molecule has 1 heterocycles. The summed E-state index contributed by atoms with van der Waals surface area (Å²) in [5.41, 5.74) is 3.05. The van der Waals surface area contributed by atoms with Gasteiger partial charge in [-0.15, -0.1) is 0 Å². The summed E-state index contributed by atoms with van der Waals surface area (Å²) < 4.78 is 0. The molecular weight excluding hydrogens is 288 g/mol. The van der Waals surface area contributed by atoms with Crippen LogP contribution in [0.4, 0.5) is 17.2 Å². The van der Waals surface area contributed by atoms with Crippen molar-refractivity contribution >= 4 is 34.5 Å². The summed E-state index contributed by atoms with van der Waals surface area (Å²) in [7, 11) is 0. The smallest absolute Gasteiger partial charge is 0.287 e. The SMILES string of the molecule is Cc1ccc(C)c(NC(=S)Nc2ccc([N+](=O)[O-])cn2)c1. The highest BCUT2D eigenvalue weighted by Gasteiger charge is 2.07. The quantitative estimate of drug-likeness (QED) is 0.514. The molecule has 0 unspecified atom stereocenters. The maximum atomic E-state index is 10.6. The Balaban J connectivity index is 2.04. The van der Waals surface area contributed by atoms with E-state index in [1.165, 1.54) is 18.3 Å². The number of hydrogen-bond donors (Lipinski definition) is 2. The first-order valence-corrected chi connectivity index (χ1v) is 6.62. The maximum Gasteiger partial charge on any atom is 0.287 e. The van der Waals surface area contributed by atoms with Crippen molar-refractivity contribution in [2.45, 2.75) is 13.8 Å². The zero-order valence-corrected chi connectivity index (χ0v) is 12.4. The van der Waals surface area contributed by atoms with Gasteiger partial charge in [0.1, 0.15) is 12.0 Å². The third-order valence-electron chi connectivity index (χ3n) is 2.84. The molecular formula is C14H14N4O2S. The van der Waals surface area contributed by atoms with Gasteiger partial charge in [-0.25, -0.2) is 4.98 Å². The van der Waals surface area contributed by atoms with Crippen LogP contribution in [0.5, 0.6) is 0 Å². The van der Waals surface area contributed by atoms with E-state index in [-0.39, 0.29) is 5.69 Å². The number of nitrogens with zero attached hydrogens (tertiary/aromatic N) is 2. The van der Waals surface area contributed by atoms with Crippen LogP contribution in [0.2, 0.25) is 0 Å². The Morgan fingerprint density at radius 3 is 2.62 bits per heavy atom. The molecule has 7 heteroatoms. The molecule has 0 radical (unpaired) electrons. The van der Waals surface area contributed by atoms with Crippen molar-refractivity contribution in [2.75, 3.05) is 10.6 Å². The summed E-state index contributed by atoms with van der Waals surface area (Å²) in [5, 5.41) is 16.9. The van der Waals surface area contributed by atoms with E-state index in [0.717, 1.165) is 16.8 Å². The monoisotopic (exact) mass is 302 g/mol. The predicted octanol–water partition coefficient (Wildman–Crippen LogP) is 3.42. The second-order valence-corrected chi connectivity index (χ2v) is 4.96. The van der Waals surface area contributed by atoms with Gasteiger partial charge in [0.2, 0.25) is 0 Å². The van der Waals surface area contributed by atoms with Gasteiger partial charge in [-0.1, -0.05) is 12.1 Å². The molecule has 0 saturated carbocycles. The van der Waals surface area contributed by atoms with Gasteiger partial charge in [-0.2, -0.15) is 0 Å². The minimum Gasteiger partial charge on any atom is -0.332 e. The van der Waals surface area contributed by atoms with Crippen LogP contribution in [0, 0.1) is 24.0 Å². The highest BCUT2D eigenvalue weighted by molar-refractivity contribution is 7.80. The zero-order chi connectivity index (χ0) is 15.4. The van der Waals surface area contributed by atoms with E-state index in [2.05, 4.69) is 15.6 Å². The Morgan fingerprint density at radius 1 is 1.24 bits per heavy atom. The zero-order valence-electron chi connectivity index (χ0n) is 11.6. The second-order valence-electron chi connectivity index (χ2n) is 4.56. The summed E-state index contributed by atoms with van der Waals surface area (Å²) in [6.07, 6.45) is 1.18. The lowest BCUT2D eigenvalue weighted by Gasteiger charge is -2.12. The lowest BCUT2D eigenvalue weighted by atomic mass is 10.1. The van der Waals surface area contributed by atoms with Gasteiger partial charge in [0.25, 0.3) is 5.69 Å². The number of nitro groups is 1. The molecule has 6 nitrogen and oxygen atoms in total. The van der Waals surface area contributed by atoms with E-state index >= 15 is 0 Å². The fourth-order valence-corrected chi connectivity index (χ4v) is 1.92. The van der Waals surface area contributed by atoms with Crippen molar-refractivity contribution in [3.63, 3.8) is 0 Å². The largest absolute Gasteiger partial charge is 0.332 e. The van der Waals surface area contributed by atoms with Gasteiger partial charge in [0.05, 0.1) is 4.92 Å². The number of aryl methyl sites for hydroxylation is 2. The summed E-state index contributed by atoms with van der Waals surface area (Å²) in [5.74, 6) is 0.448. The summed E-state index contributed by atoms with van der Waals surface area (Å²) in [4.78, 5) is 14.0. The highest BCUT2D eigenvalue weighted by atomic mass is 32.1. The molecule has 0 amide bonds. The molecule has 0 fully saturated rings. The fraction of sp³-hybridized carbons (Fsp3) is 0.143. The molecule has 0 saturated heterocycles. The molecule has 1 aromatic carbocycles. The summed E-state index contributed by atoms with van der Waals surface area (Å²) in [6, 6.07) is 8.90. The lowest BCUT2D eigenvalue weighted by Crippen LogP contribution is -2.20. The number of anilines is 2. The van der Waals surface area contributed by atoms with Crippen molar-refractivity contribution in [1.29, 1.82) is 0 Å². The molecule has 0 aliphatic rings. The average molecular weight is 302 g/mol. The van der Waals surface area contributed by atoms with Crippen LogP contribution < -0.4 is 10.6 Å². The van der Waals surface area contributed by atoms with Crippen molar-refractivity contribution in [3.8, 4) is 0 Å². The number of benzene rings is 1. The number of rotatable bonds is 3. The van der Waals surface area contributed by atoms with E-state index in [1.807, 2.05) is 32.0 Å². The van der Waals surface area contributed by atoms with E-state index in [0.29, 0.717) is 10.9 Å². The van der Waals surface area contributed by atoms with E-state index in [4.69, 9.17) is 12.2 Å². The van der Waals surface area contributed by atoms with Crippen LogP contribution in [0.15, 0.2) is 36.5 Å². The normalized spacial score (nSPS) is 10.0. The number of nitrogens with one attached hydrogen (secondary N) is 2. The molecule has 2 rings (SSSR count).